The Labute approximate surface area is 88.6 Å². The highest BCUT2D eigenvalue weighted by Gasteiger charge is 2.07. The number of thiazole rings is 1. The molecular weight excluding hydrogens is 196 g/mol. The molecule has 0 radical (unpaired) electrons. The predicted octanol–water partition coefficient (Wildman–Crippen LogP) is 2.75. The van der Waals surface area contributed by atoms with Gasteiger partial charge in [0.2, 0.25) is 5.91 Å². The first-order chi connectivity index (χ1) is 6.63. The maximum absolute atomic E-state index is 10.8. The van der Waals surface area contributed by atoms with Crippen LogP contribution in [-0.2, 0) is 11.2 Å². The van der Waals surface area contributed by atoms with E-state index in [-0.39, 0.29) is 5.91 Å². The zero-order chi connectivity index (χ0) is 10.6. The topological polar surface area (TPSA) is 42.0 Å². The standard InChI is InChI=1S/C10H16N2OS/c1-4-5-6-9-7(2)11-10(14-9)12-8(3)13/h4-6H2,1-3H3,(H,11,12,13). The lowest BCUT2D eigenvalue weighted by Crippen LogP contribution is -2.04. The molecule has 0 fully saturated rings. The van der Waals surface area contributed by atoms with Gasteiger partial charge in [-0.15, -0.1) is 11.3 Å². The number of carbonyl (C=O) groups is 1. The van der Waals surface area contributed by atoms with Crippen LogP contribution < -0.4 is 5.32 Å². The number of nitrogens with one attached hydrogen (secondary N) is 1. The Morgan fingerprint density at radius 1 is 1.57 bits per heavy atom. The van der Waals surface area contributed by atoms with E-state index in [0.717, 1.165) is 17.2 Å². The van der Waals surface area contributed by atoms with Gasteiger partial charge in [0.1, 0.15) is 0 Å². The number of nitrogens with zero attached hydrogens (tertiary/aromatic N) is 1. The Hall–Kier alpha value is -0.900. The Morgan fingerprint density at radius 3 is 2.86 bits per heavy atom. The van der Waals surface area contributed by atoms with E-state index in [1.165, 1.54) is 24.6 Å². The van der Waals surface area contributed by atoms with Crippen molar-refractivity contribution >= 4 is 22.4 Å². The first-order valence-electron chi connectivity index (χ1n) is 4.87. The molecule has 1 N–H and O–H groups in total. The normalized spacial score (nSPS) is 10.2. The van der Waals surface area contributed by atoms with Crippen molar-refractivity contribution in [2.45, 2.75) is 40.0 Å². The number of hydrogen-bond donors (Lipinski definition) is 1. The summed E-state index contributed by atoms with van der Waals surface area (Å²) in [7, 11) is 0. The summed E-state index contributed by atoms with van der Waals surface area (Å²) in [6, 6.07) is 0. The number of rotatable bonds is 4. The third-order valence-electron chi connectivity index (χ3n) is 1.93. The summed E-state index contributed by atoms with van der Waals surface area (Å²) in [6.07, 6.45) is 3.44. The Balaban J connectivity index is 2.66. The minimum absolute atomic E-state index is 0.0548. The van der Waals surface area contributed by atoms with E-state index < -0.39 is 0 Å². The summed E-state index contributed by atoms with van der Waals surface area (Å²) >= 11 is 1.58. The third-order valence-corrected chi connectivity index (χ3v) is 3.07. The molecule has 0 aliphatic rings. The van der Waals surface area contributed by atoms with Crippen molar-refractivity contribution in [2.24, 2.45) is 0 Å². The van der Waals surface area contributed by atoms with Crippen LogP contribution in [0.5, 0.6) is 0 Å². The maximum atomic E-state index is 10.8. The van der Waals surface area contributed by atoms with Crippen LogP contribution in [0.3, 0.4) is 0 Å². The van der Waals surface area contributed by atoms with Gasteiger partial charge in [-0.2, -0.15) is 0 Å². The van der Waals surface area contributed by atoms with Gasteiger partial charge in [-0.05, 0) is 19.8 Å². The second-order valence-electron chi connectivity index (χ2n) is 3.31. The van der Waals surface area contributed by atoms with E-state index in [1.807, 2.05) is 6.92 Å². The lowest BCUT2D eigenvalue weighted by Gasteiger charge is -1.94. The third kappa shape index (κ3) is 3.10. The van der Waals surface area contributed by atoms with Crippen molar-refractivity contribution in [3.05, 3.63) is 10.6 Å². The molecule has 0 aliphatic heterocycles. The zero-order valence-electron chi connectivity index (χ0n) is 8.89. The second-order valence-corrected chi connectivity index (χ2v) is 4.40. The van der Waals surface area contributed by atoms with Crippen LogP contribution in [0.4, 0.5) is 5.13 Å². The summed E-state index contributed by atoms with van der Waals surface area (Å²) in [6.45, 7) is 5.67. The second kappa shape index (κ2) is 5.10. The quantitative estimate of drug-likeness (QED) is 0.833. The van der Waals surface area contributed by atoms with Crippen molar-refractivity contribution in [3.63, 3.8) is 0 Å². The molecule has 0 unspecified atom stereocenters. The number of aryl methyl sites for hydroxylation is 2. The van der Waals surface area contributed by atoms with E-state index in [0.29, 0.717) is 0 Å². The fourth-order valence-electron chi connectivity index (χ4n) is 1.20. The lowest BCUT2D eigenvalue weighted by molar-refractivity contribution is -0.114. The average molecular weight is 212 g/mol. The maximum Gasteiger partial charge on any atom is 0.223 e. The molecule has 0 aromatic carbocycles. The van der Waals surface area contributed by atoms with Crippen molar-refractivity contribution in [3.8, 4) is 0 Å². The highest BCUT2D eigenvalue weighted by molar-refractivity contribution is 7.15. The number of aromatic nitrogens is 1. The monoisotopic (exact) mass is 212 g/mol. The molecule has 0 atom stereocenters. The van der Waals surface area contributed by atoms with Crippen molar-refractivity contribution < 1.29 is 4.79 Å². The van der Waals surface area contributed by atoms with Gasteiger partial charge in [-0.25, -0.2) is 4.98 Å². The van der Waals surface area contributed by atoms with Gasteiger partial charge in [-0.3, -0.25) is 4.79 Å². The highest BCUT2D eigenvalue weighted by Crippen LogP contribution is 2.23. The number of amides is 1. The van der Waals surface area contributed by atoms with Crippen molar-refractivity contribution in [2.75, 3.05) is 5.32 Å². The van der Waals surface area contributed by atoms with E-state index in [2.05, 4.69) is 17.2 Å². The van der Waals surface area contributed by atoms with Crippen molar-refractivity contribution in [1.29, 1.82) is 0 Å². The van der Waals surface area contributed by atoms with Crippen LogP contribution in [0.2, 0.25) is 0 Å². The van der Waals surface area contributed by atoms with Gasteiger partial charge < -0.3 is 5.32 Å². The number of carbonyl (C=O) groups excluding carboxylic acids is 1. The van der Waals surface area contributed by atoms with Crippen LogP contribution in [0.1, 0.15) is 37.3 Å². The summed E-state index contributed by atoms with van der Waals surface area (Å²) in [4.78, 5) is 16.4. The van der Waals surface area contributed by atoms with Crippen molar-refractivity contribution in [1.82, 2.24) is 4.98 Å². The van der Waals surface area contributed by atoms with E-state index in [9.17, 15) is 4.79 Å². The van der Waals surface area contributed by atoms with E-state index in [1.54, 1.807) is 11.3 Å². The van der Waals surface area contributed by atoms with Crippen LogP contribution in [-0.4, -0.2) is 10.9 Å². The largest absolute Gasteiger partial charge is 0.302 e. The molecule has 1 aromatic rings. The molecule has 0 saturated carbocycles. The van der Waals surface area contributed by atoms with E-state index >= 15 is 0 Å². The molecule has 1 amide bonds. The molecule has 14 heavy (non-hydrogen) atoms. The van der Waals surface area contributed by atoms with Gasteiger partial charge in [-0.1, -0.05) is 13.3 Å². The lowest BCUT2D eigenvalue weighted by atomic mass is 10.2. The Kier molecular flexibility index (Phi) is 4.07. The molecule has 1 rings (SSSR count). The first-order valence-corrected chi connectivity index (χ1v) is 5.69. The predicted molar refractivity (Wildman–Crippen MR) is 59.8 cm³/mol. The molecule has 3 nitrogen and oxygen atoms in total. The minimum atomic E-state index is -0.0548. The molecule has 0 aliphatic carbocycles. The molecule has 78 valence electrons. The summed E-state index contributed by atoms with van der Waals surface area (Å²) in [5.41, 5.74) is 1.05. The molecule has 1 heterocycles. The molecule has 0 saturated heterocycles. The molecular formula is C10H16N2OS. The van der Waals surface area contributed by atoms with Crippen LogP contribution in [0.15, 0.2) is 0 Å². The van der Waals surface area contributed by atoms with Crippen LogP contribution >= 0.6 is 11.3 Å². The Morgan fingerprint density at radius 2 is 2.29 bits per heavy atom. The molecule has 1 aromatic heterocycles. The van der Waals surface area contributed by atoms with Gasteiger partial charge >= 0.3 is 0 Å². The number of hydrogen-bond acceptors (Lipinski definition) is 3. The molecule has 4 heteroatoms. The van der Waals surface area contributed by atoms with Gasteiger partial charge in [0, 0.05) is 11.8 Å². The summed E-state index contributed by atoms with van der Waals surface area (Å²) in [5, 5.41) is 3.43. The fourth-order valence-corrected chi connectivity index (χ4v) is 2.25. The molecule has 0 spiro atoms. The fraction of sp³-hybridized carbons (Fsp3) is 0.600. The zero-order valence-corrected chi connectivity index (χ0v) is 9.70. The Bertz CT molecular complexity index is 320. The van der Waals surface area contributed by atoms with Crippen LogP contribution in [0.25, 0.3) is 0 Å². The highest BCUT2D eigenvalue weighted by atomic mass is 32.1. The van der Waals surface area contributed by atoms with Gasteiger partial charge in [0.25, 0.3) is 0 Å². The summed E-state index contributed by atoms with van der Waals surface area (Å²) in [5.74, 6) is -0.0548. The van der Waals surface area contributed by atoms with Gasteiger partial charge in [0.05, 0.1) is 5.69 Å². The SMILES string of the molecule is CCCCc1sc(NC(C)=O)nc1C. The first kappa shape index (κ1) is 11.2. The average Bonchev–Trinajstić information content (AvgIpc) is 2.41. The summed E-state index contributed by atoms with van der Waals surface area (Å²) < 4.78 is 0. The number of anilines is 1. The van der Waals surface area contributed by atoms with Crippen LogP contribution in [0, 0.1) is 6.92 Å². The number of unbranched alkanes of at least 4 members (excludes halogenated alkanes) is 1. The smallest absolute Gasteiger partial charge is 0.223 e. The van der Waals surface area contributed by atoms with Gasteiger partial charge in [0.15, 0.2) is 5.13 Å². The molecule has 0 bridgehead atoms. The minimum Gasteiger partial charge on any atom is -0.302 e. The van der Waals surface area contributed by atoms with E-state index in [4.69, 9.17) is 0 Å².